The number of aromatic nitrogens is 3. The van der Waals surface area contributed by atoms with Gasteiger partial charge in [-0.15, -0.1) is 0 Å². The number of fused-ring (bicyclic) bond motifs is 4. The largest absolute Gasteiger partial charge is 0.508 e. The molecule has 0 fully saturated rings. The van der Waals surface area contributed by atoms with Crippen LogP contribution in [0.25, 0.3) is 10.9 Å². The second kappa shape index (κ2) is 9.00. The number of hydrogen-bond donors (Lipinski definition) is 1. The topological polar surface area (TPSA) is 63.3 Å². The van der Waals surface area contributed by atoms with E-state index >= 15 is 0 Å². The van der Waals surface area contributed by atoms with Gasteiger partial charge < -0.3 is 9.67 Å². The molecule has 35 heavy (non-hydrogen) atoms. The summed E-state index contributed by atoms with van der Waals surface area (Å²) in [6.45, 7) is 6.24. The minimum atomic E-state index is 0.161. The Morgan fingerprint density at radius 3 is 2.74 bits per heavy atom. The number of hydrogen-bond acceptors (Lipinski definition) is 4. The third kappa shape index (κ3) is 4.06. The van der Waals surface area contributed by atoms with Gasteiger partial charge in [0.05, 0.1) is 0 Å². The Morgan fingerprint density at radius 2 is 1.89 bits per heavy atom. The molecule has 1 N–H and O–H groups in total. The normalized spacial score (nSPS) is 15.8. The maximum atomic E-state index is 13.2. The summed E-state index contributed by atoms with van der Waals surface area (Å²) in [6.07, 6.45) is 4.77. The van der Waals surface area contributed by atoms with Crippen LogP contribution in [0.4, 0.5) is 0 Å². The molecule has 0 bridgehead atoms. The van der Waals surface area contributed by atoms with Gasteiger partial charge in [-0.25, -0.2) is 4.98 Å². The Hall–Kier alpha value is -3.38. The quantitative estimate of drug-likeness (QED) is 0.477. The van der Waals surface area contributed by atoms with Crippen molar-refractivity contribution < 1.29 is 5.11 Å². The first-order chi connectivity index (χ1) is 17.1. The van der Waals surface area contributed by atoms with Crippen LogP contribution in [-0.2, 0) is 38.9 Å². The number of aryl methyl sites for hydroxylation is 2. The van der Waals surface area contributed by atoms with Crippen LogP contribution in [-0.4, -0.2) is 37.2 Å². The van der Waals surface area contributed by atoms with Gasteiger partial charge in [0, 0.05) is 73.4 Å². The molecule has 4 aromatic rings. The van der Waals surface area contributed by atoms with Crippen LogP contribution in [0.15, 0.2) is 53.3 Å². The smallest absolute Gasteiger partial charge is 0.256 e. The summed E-state index contributed by atoms with van der Waals surface area (Å²) < 4.78 is 4.32. The second-order valence-corrected chi connectivity index (χ2v) is 9.98. The molecule has 0 spiro atoms. The number of phenols is 1. The van der Waals surface area contributed by atoms with Crippen LogP contribution in [0, 0.1) is 6.92 Å². The highest BCUT2D eigenvalue weighted by Crippen LogP contribution is 2.33. The molecule has 4 heterocycles. The van der Waals surface area contributed by atoms with E-state index in [-0.39, 0.29) is 5.56 Å². The van der Waals surface area contributed by atoms with E-state index in [1.807, 2.05) is 29.7 Å². The zero-order chi connectivity index (χ0) is 23.9. The molecule has 0 unspecified atom stereocenters. The Balaban J connectivity index is 1.28. The molecule has 0 atom stereocenters. The van der Waals surface area contributed by atoms with Gasteiger partial charge in [-0.3, -0.25) is 14.3 Å². The van der Waals surface area contributed by atoms with Crippen molar-refractivity contribution in [2.45, 2.75) is 58.7 Å². The van der Waals surface area contributed by atoms with Crippen LogP contribution < -0.4 is 5.56 Å². The van der Waals surface area contributed by atoms with Crippen molar-refractivity contribution in [3.8, 4) is 5.75 Å². The summed E-state index contributed by atoms with van der Waals surface area (Å²) in [7, 11) is 0. The zero-order valence-corrected chi connectivity index (χ0v) is 20.3. The minimum Gasteiger partial charge on any atom is -0.508 e. The average molecular weight is 469 g/mol. The molecular weight excluding hydrogens is 436 g/mol. The maximum Gasteiger partial charge on any atom is 0.256 e. The van der Waals surface area contributed by atoms with E-state index in [0.29, 0.717) is 5.75 Å². The number of phenolic OH excluding ortho intramolecular Hbond substituents is 1. The molecule has 0 saturated carbocycles. The lowest BCUT2D eigenvalue weighted by Gasteiger charge is -2.28. The lowest BCUT2D eigenvalue weighted by molar-refractivity contribution is 0.254. The van der Waals surface area contributed by atoms with Gasteiger partial charge >= 0.3 is 0 Å². The van der Waals surface area contributed by atoms with Gasteiger partial charge in [-0.05, 0) is 55.5 Å². The number of benzene rings is 2. The number of nitrogens with zero attached hydrogens (tertiary/aromatic N) is 4. The summed E-state index contributed by atoms with van der Waals surface area (Å²) in [5.41, 5.74) is 7.03. The summed E-state index contributed by atoms with van der Waals surface area (Å²) in [5, 5.41) is 11.4. The van der Waals surface area contributed by atoms with Crippen molar-refractivity contribution >= 4 is 10.9 Å². The maximum absolute atomic E-state index is 13.2. The molecule has 6 rings (SSSR count). The van der Waals surface area contributed by atoms with Crippen LogP contribution in [0.2, 0.25) is 0 Å². The molecule has 6 nitrogen and oxygen atoms in total. The SMILES string of the molecule is Cc1nc2n(c(=O)c1CCN1CCc3c(c4cc(O)ccc4n3Cc3ccccc3)C1)CCCC2. The van der Waals surface area contributed by atoms with Gasteiger partial charge in [-0.1, -0.05) is 30.3 Å². The molecule has 0 amide bonds. The standard InChI is InChI=1S/C29H32N4O2/c1-20-23(29(35)32-14-6-5-9-28(32)30-20)12-15-31-16-13-27-25(19-31)24-17-22(34)10-11-26(24)33(27)18-21-7-3-2-4-8-21/h2-4,7-8,10-11,17,34H,5-6,9,12-16,18-19H2,1H3. The minimum absolute atomic E-state index is 0.161. The van der Waals surface area contributed by atoms with E-state index in [0.717, 1.165) is 87.3 Å². The van der Waals surface area contributed by atoms with Crippen molar-refractivity contribution in [1.29, 1.82) is 0 Å². The third-order valence-electron chi connectivity index (χ3n) is 7.76. The van der Waals surface area contributed by atoms with Crippen molar-refractivity contribution in [2.24, 2.45) is 0 Å². The van der Waals surface area contributed by atoms with E-state index in [2.05, 4.69) is 33.7 Å². The van der Waals surface area contributed by atoms with E-state index in [9.17, 15) is 9.90 Å². The van der Waals surface area contributed by atoms with E-state index in [4.69, 9.17) is 4.98 Å². The lowest BCUT2D eigenvalue weighted by Crippen LogP contribution is -2.36. The Kier molecular flexibility index (Phi) is 5.69. The van der Waals surface area contributed by atoms with Crippen LogP contribution >= 0.6 is 0 Å². The summed E-state index contributed by atoms with van der Waals surface area (Å²) in [4.78, 5) is 20.4. The summed E-state index contributed by atoms with van der Waals surface area (Å²) >= 11 is 0. The molecule has 180 valence electrons. The first-order valence-corrected chi connectivity index (χ1v) is 12.8. The fourth-order valence-electron chi connectivity index (χ4n) is 5.92. The third-order valence-corrected chi connectivity index (χ3v) is 7.76. The molecule has 2 aromatic carbocycles. The van der Waals surface area contributed by atoms with Crippen molar-refractivity contribution in [3.63, 3.8) is 0 Å². The highest BCUT2D eigenvalue weighted by atomic mass is 16.3. The lowest BCUT2D eigenvalue weighted by atomic mass is 10.0. The predicted molar refractivity (Wildman–Crippen MR) is 138 cm³/mol. The van der Waals surface area contributed by atoms with Gasteiger partial charge in [-0.2, -0.15) is 0 Å². The predicted octanol–water partition coefficient (Wildman–Crippen LogP) is 4.20. The van der Waals surface area contributed by atoms with Crippen molar-refractivity contribution in [3.05, 3.63) is 92.8 Å². The van der Waals surface area contributed by atoms with Gasteiger partial charge in [0.1, 0.15) is 11.6 Å². The van der Waals surface area contributed by atoms with Crippen LogP contribution in [0.5, 0.6) is 5.75 Å². The molecule has 0 radical (unpaired) electrons. The fraction of sp³-hybridized carbons (Fsp3) is 0.379. The number of rotatable bonds is 5. The first-order valence-electron chi connectivity index (χ1n) is 12.8. The fourth-order valence-corrected chi connectivity index (χ4v) is 5.92. The zero-order valence-electron chi connectivity index (χ0n) is 20.3. The monoisotopic (exact) mass is 468 g/mol. The Labute approximate surface area is 205 Å². The van der Waals surface area contributed by atoms with E-state index in [1.54, 1.807) is 6.07 Å². The van der Waals surface area contributed by atoms with E-state index in [1.165, 1.54) is 22.3 Å². The van der Waals surface area contributed by atoms with Crippen LogP contribution in [0.3, 0.4) is 0 Å². The van der Waals surface area contributed by atoms with E-state index < -0.39 is 0 Å². The summed E-state index contributed by atoms with van der Waals surface area (Å²) in [6, 6.07) is 16.3. The highest BCUT2D eigenvalue weighted by molar-refractivity contribution is 5.87. The number of aromatic hydroxyl groups is 1. The molecule has 2 aliphatic rings. The molecule has 0 aliphatic carbocycles. The second-order valence-electron chi connectivity index (χ2n) is 9.98. The highest BCUT2D eigenvalue weighted by Gasteiger charge is 2.25. The molecular formula is C29H32N4O2. The van der Waals surface area contributed by atoms with Crippen molar-refractivity contribution in [1.82, 2.24) is 19.0 Å². The van der Waals surface area contributed by atoms with Gasteiger partial charge in [0.2, 0.25) is 0 Å². The van der Waals surface area contributed by atoms with Crippen molar-refractivity contribution in [2.75, 3.05) is 13.1 Å². The average Bonchev–Trinajstić information content (AvgIpc) is 3.16. The molecule has 2 aliphatic heterocycles. The van der Waals surface area contributed by atoms with Gasteiger partial charge in [0.25, 0.3) is 5.56 Å². The molecule has 2 aromatic heterocycles. The van der Waals surface area contributed by atoms with Crippen LogP contribution in [0.1, 0.15) is 46.7 Å². The summed E-state index contributed by atoms with van der Waals surface area (Å²) in [5.74, 6) is 1.26. The van der Waals surface area contributed by atoms with Gasteiger partial charge in [0.15, 0.2) is 0 Å². The first kappa shape index (κ1) is 22.1. The Morgan fingerprint density at radius 1 is 1.03 bits per heavy atom. The molecule has 0 saturated heterocycles. The Bertz CT molecular complexity index is 1450. The molecule has 6 heteroatoms.